The molecule has 2 aliphatic rings. The zero-order valence-corrected chi connectivity index (χ0v) is 16.7. The molecule has 2 N–H and O–H groups in total. The molecule has 1 aromatic rings. The van der Waals surface area contributed by atoms with E-state index in [0.29, 0.717) is 24.0 Å². The molecule has 2 atom stereocenters. The van der Waals surface area contributed by atoms with Crippen molar-refractivity contribution in [1.82, 2.24) is 0 Å². The van der Waals surface area contributed by atoms with Gasteiger partial charge in [0.15, 0.2) is 0 Å². The van der Waals surface area contributed by atoms with E-state index < -0.39 is 29.1 Å². The van der Waals surface area contributed by atoms with Crippen LogP contribution in [0, 0.1) is 17.2 Å². The molecule has 0 aromatic heterocycles. The lowest BCUT2D eigenvalue weighted by molar-refractivity contribution is -0.151. The Morgan fingerprint density at radius 1 is 1.14 bits per heavy atom. The van der Waals surface area contributed by atoms with Crippen molar-refractivity contribution in [2.45, 2.75) is 51.9 Å². The van der Waals surface area contributed by atoms with Crippen molar-refractivity contribution in [2.75, 3.05) is 0 Å². The van der Waals surface area contributed by atoms with Gasteiger partial charge in [-0.2, -0.15) is 0 Å². The van der Waals surface area contributed by atoms with Gasteiger partial charge >= 0.3 is 11.9 Å². The minimum absolute atomic E-state index is 0.0287. The highest BCUT2D eigenvalue weighted by molar-refractivity contribution is 6.30. The monoisotopic (exact) mass is 406 g/mol. The Bertz CT molecular complexity index is 883. The summed E-state index contributed by atoms with van der Waals surface area (Å²) in [5, 5.41) is 20.7. The fourth-order valence-corrected chi connectivity index (χ4v) is 5.12. The summed E-state index contributed by atoms with van der Waals surface area (Å²) in [7, 11) is 0. The lowest BCUT2D eigenvalue weighted by Crippen LogP contribution is -2.47. The summed E-state index contributed by atoms with van der Waals surface area (Å²) in [4.78, 5) is 25.0. The van der Waals surface area contributed by atoms with Crippen LogP contribution in [0.25, 0.3) is 0 Å². The number of rotatable bonds is 4. The smallest absolute Gasteiger partial charge is 0.332 e. The molecule has 6 heteroatoms. The molecule has 1 fully saturated rings. The molecule has 2 unspecified atom stereocenters. The third-order valence-corrected chi connectivity index (χ3v) is 6.60. The van der Waals surface area contributed by atoms with Gasteiger partial charge in [0, 0.05) is 16.5 Å². The third kappa shape index (κ3) is 3.26. The van der Waals surface area contributed by atoms with Gasteiger partial charge in [0.2, 0.25) is 0 Å². The first-order valence-corrected chi connectivity index (χ1v) is 9.90. The number of carboxylic acid groups (broad SMARTS) is 2. The summed E-state index contributed by atoms with van der Waals surface area (Å²) in [6.45, 7) is 3.38. The van der Waals surface area contributed by atoms with Gasteiger partial charge in [-0.25, -0.2) is 9.18 Å². The van der Waals surface area contributed by atoms with Crippen LogP contribution in [0.2, 0.25) is 5.02 Å². The SMILES string of the molecule is CC1=CC(C(=O)O)(C2CCCCC2)C(c2cc(Cl)ccc2F)C(C(=O)O)=C1C. The largest absolute Gasteiger partial charge is 0.481 e. The fraction of sp³-hybridized carbons (Fsp3) is 0.455. The van der Waals surface area contributed by atoms with Gasteiger partial charge in [0.1, 0.15) is 11.2 Å². The van der Waals surface area contributed by atoms with E-state index in [4.69, 9.17) is 11.6 Å². The Kier molecular flexibility index (Phi) is 5.67. The van der Waals surface area contributed by atoms with E-state index in [1.807, 2.05) is 0 Å². The summed E-state index contributed by atoms with van der Waals surface area (Å²) in [6, 6.07) is 3.92. The summed E-state index contributed by atoms with van der Waals surface area (Å²) in [5.41, 5.74) is -0.466. The average Bonchev–Trinajstić information content (AvgIpc) is 2.65. The molecule has 1 saturated carbocycles. The minimum atomic E-state index is -1.52. The van der Waals surface area contributed by atoms with Crippen molar-refractivity contribution in [3.63, 3.8) is 0 Å². The highest BCUT2D eigenvalue weighted by Crippen LogP contribution is 2.56. The minimum Gasteiger partial charge on any atom is -0.481 e. The molecule has 4 nitrogen and oxygen atoms in total. The van der Waals surface area contributed by atoms with E-state index in [0.717, 1.165) is 19.3 Å². The first kappa shape index (κ1) is 20.6. The molecule has 0 aliphatic heterocycles. The predicted molar refractivity (Wildman–Crippen MR) is 105 cm³/mol. The van der Waals surface area contributed by atoms with Crippen LogP contribution in [0.3, 0.4) is 0 Å². The molecular formula is C22H24ClFO4. The quantitative estimate of drug-likeness (QED) is 0.684. The Labute approximate surface area is 168 Å². The number of halogens is 2. The van der Waals surface area contributed by atoms with E-state index in [1.165, 1.54) is 18.2 Å². The van der Waals surface area contributed by atoms with Gasteiger partial charge in [-0.3, -0.25) is 4.79 Å². The second-order valence-electron chi connectivity index (χ2n) is 7.84. The number of carbonyl (C=O) groups is 2. The molecule has 3 rings (SSSR count). The van der Waals surface area contributed by atoms with Crippen LogP contribution in [-0.4, -0.2) is 22.2 Å². The van der Waals surface area contributed by atoms with Gasteiger partial charge in [-0.1, -0.05) is 42.5 Å². The molecular weight excluding hydrogens is 383 g/mol. The molecule has 150 valence electrons. The van der Waals surface area contributed by atoms with Gasteiger partial charge in [0.25, 0.3) is 0 Å². The highest BCUT2D eigenvalue weighted by Gasteiger charge is 2.56. The van der Waals surface area contributed by atoms with E-state index in [-0.39, 0.29) is 22.1 Å². The zero-order valence-electron chi connectivity index (χ0n) is 16.0. The maximum Gasteiger partial charge on any atom is 0.332 e. The van der Waals surface area contributed by atoms with E-state index in [1.54, 1.807) is 19.9 Å². The van der Waals surface area contributed by atoms with Crippen molar-refractivity contribution in [1.29, 1.82) is 0 Å². The van der Waals surface area contributed by atoms with Crippen LogP contribution in [0.15, 0.2) is 41.0 Å². The Morgan fingerprint density at radius 3 is 2.36 bits per heavy atom. The molecule has 0 heterocycles. The number of benzene rings is 1. The first-order valence-electron chi connectivity index (χ1n) is 9.52. The zero-order chi connectivity index (χ0) is 20.6. The van der Waals surface area contributed by atoms with Crippen LogP contribution in [0.5, 0.6) is 0 Å². The van der Waals surface area contributed by atoms with Gasteiger partial charge < -0.3 is 10.2 Å². The first-order chi connectivity index (χ1) is 13.2. The number of hydrogen-bond donors (Lipinski definition) is 2. The molecule has 0 saturated heterocycles. The van der Waals surface area contributed by atoms with Crippen LogP contribution in [0.1, 0.15) is 57.4 Å². The number of carboxylic acids is 2. The predicted octanol–water partition coefficient (Wildman–Crippen LogP) is 5.58. The van der Waals surface area contributed by atoms with Crippen LogP contribution in [0.4, 0.5) is 4.39 Å². The van der Waals surface area contributed by atoms with Crippen LogP contribution in [-0.2, 0) is 9.59 Å². The molecule has 2 aliphatic carbocycles. The topological polar surface area (TPSA) is 74.6 Å². The lowest BCUT2D eigenvalue weighted by Gasteiger charge is -2.46. The lowest BCUT2D eigenvalue weighted by atomic mass is 9.55. The molecule has 0 radical (unpaired) electrons. The summed E-state index contributed by atoms with van der Waals surface area (Å²) >= 11 is 6.09. The van der Waals surface area contributed by atoms with E-state index >= 15 is 0 Å². The summed E-state index contributed by atoms with van der Waals surface area (Å²) < 4.78 is 14.9. The van der Waals surface area contributed by atoms with Gasteiger partial charge in [-0.05, 0) is 61.9 Å². The van der Waals surface area contributed by atoms with Crippen molar-refractivity contribution < 1.29 is 24.2 Å². The molecule has 1 aromatic carbocycles. The second kappa shape index (κ2) is 7.70. The highest BCUT2D eigenvalue weighted by atomic mass is 35.5. The average molecular weight is 407 g/mol. The maximum atomic E-state index is 14.9. The maximum absolute atomic E-state index is 14.9. The Balaban J connectivity index is 2.36. The van der Waals surface area contributed by atoms with Crippen LogP contribution < -0.4 is 0 Å². The van der Waals surface area contributed by atoms with Gasteiger partial charge in [0.05, 0.1) is 0 Å². The number of aliphatic carboxylic acids is 2. The third-order valence-electron chi connectivity index (χ3n) is 6.37. The summed E-state index contributed by atoms with van der Waals surface area (Å²) in [5.74, 6) is -4.41. The van der Waals surface area contributed by atoms with Gasteiger partial charge in [-0.15, -0.1) is 0 Å². The number of allylic oxidation sites excluding steroid dienone is 2. The Hall–Kier alpha value is -2.14. The number of hydrogen-bond acceptors (Lipinski definition) is 2. The van der Waals surface area contributed by atoms with E-state index in [9.17, 15) is 24.2 Å². The van der Waals surface area contributed by atoms with E-state index in [2.05, 4.69) is 0 Å². The van der Waals surface area contributed by atoms with Crippen LogP contribution >= 0.6 is 11.6 Å². The molecule has 28 heavy (non-hydrogen) atoms. The van der Waals surface area contributed by atoms with Crippen molar-refractivity contribution >= 4 is 23.5 Å². The Morgan fingerprint density at radius 2 is 1.79 bits per heavy atom. The van der Waals surface area contributed by atoms with Crippen molar-refractivity contribution in [3.8, 4) is 0 Å². The summed E-state index contributed by atoms with van der Waals surface area (Å²) in [6.07, 6.45) is 5.77. The van der Waals surface area contributed by atoms with Crippen molar-refractivity contribution in [3.05, 3.63) is 57.4 Å². The fourth-order valence-electron chi connectivity index (χ4n) is 4.94. The standard InChI is InChI=1S/C22H24ClFO4/c1-12-11-22(21(27)28,14-6-4-3-5-7-14)19(18(13(12)2)20(25)26)16-10-15(23)8-9-17(16)24/h8-11,14,19H,3-7H2,1-2H3,(H,25,26)(H,27,28). The normalized spacial score (nSPS) is 26.1. The molecule has 0 bridgehead atoms. The van der Waals surface area contributed by atoms with Crippen molar-refractivity contribution in [2.24, 2.45) is 11.3 Å². The molecule has 0 amide bonds. The second-order valence-corrected chi connectivity index (χ2v) is 8.28. The molecule has 0 spiro atoms.